The van der Waals surface area contributed by atoms with Crippen molar-refractivity contribution < 1.29 is 18.0 Å². The number of nitrogens with one attached hydrogen (secondary N) is 1. The third kappa shape index (κ3) is 7.36. The van der Waals surface area contributed by atoms with E-state index in [1.807, 2.05) is 38.1 Å². The third-order valence-electron chi connectivity index (χ3n) is 5.97. The molecule has 0 saturated heterocycles. The van der Waals surface area contributed by atoms with Gasteiger partial charge >= 0.3 is 0 Å². The van der Waals surface area contributed by atoms with Crippen LogP contribution in [-0.2, 0) is 26.2 Å². The van der Waals surface area contributed by atoms with Crippen molar-refractivity contribution in [2.45, 2.75) is 44.7 Å². The number of nitrogens with zero attached hydrogens (tertiary/aromatic N) is 2. The van der Waals surface area contributed by atoms with Gasteiger partial charge in [0.25, 0.3) is 10.0 Å². The molecule has 3 aromatic rings. The zero-order valence-corrected chi connectivity index (χ0v) is 24.7. The number of amides is 2. The Morgan fingerprint density at radius 2 is 1.71 bits per heavy atom. The van der Waals surface area contributed by atoms with Crippen LogP contribution in [-0.4, -0.2) is 44.3 Å². The van der Waals surface area contributed by atoms with Gasteiger partial charge in [-0.1, -0.05) is 76.4 Å². The van der Waals surface area contributed by atoms with Crippen LogP contribution in [0.5, 0.6) is 0 Å². The molecular formula is C28H31BrClN3O4S. The Bertz CT molecular complexity index is 1380. The zero-order chi connectivity index (χ0) is 27.9. The molecule has 7 nitrogen and oxygen atoms in total. The maximum atomic E-state index is 13.9. The fourth-order valence-electron chi connectivity index (χ4n) is 3.82. The van der Waals surface area contributed by atoms with Crippen molar-refractivity contribution in [1.29, 1.82) is 0 Å². The summed E-state index contributed by atoms with van der Waals surface area (Å²) in [6.07, 6.45) is 0.743. The number of aryl methyl sites for hydroxylation is 1. The Morgan fingerprint density at radius 1 is 1.03 bits per heavy atom. The van der Waals surface area contributed by atoms with Crippen LogP contribution >= 0.6 is 27.5 Å². The summed E-state index contributed by atoms with van der Waals surface area (Å²) in [5.41, 5.74) is 1.86. The monoisotopic (exact) mass is 619 g/mol. The van der Waals surface area contributed by atoms with E-state index in [0.29, 0.717) is 6.54 Å². The van der Waals surface area contributed by atoms with Gasteiger partial charge in [0.05, 0.1) is 15.6 Å². The molecule has 10 heteroatoms. The van der Waals surface area contributed by atoms with Gasteiger partial charge in [0.2, 0.25) is 11.8 Å². The Labute approximate surface area is 238 Å². The fraction of sp³-hybridized carbons (Fsp3) is 0.286. The summed E-state index contributed by atoms with van der Waals surface area (Å²) in [5, 5.41) is 3.01. The van der Waals surface area contributed by atoms with Gasteiger partial charge in [-0.25, -0.2) is 8.42 Å². The predicted octanol–water partition coefficient (Wildman–Crippen LogP) is 5.55. The number of rotatable bonds is 11. The number of para-hydroxylation sites is 1. The van der Waals surface area contributed by atoms with E-state index in [9.17, 15) is 18.0 Å². The van der Waals surface area contributed by atoms with E-state index in [-0.39, 0.29) is 28.1 Å². The highest BCUT2D eigenvalue weighted by atomic mass is 79.9. The number of halogens is 2. The van der Waals surface area contributed by atoms with Gasteiger partial charge in [0, 0.05) is 17.6 Å². The lowest BCUT2D eigenvalue weighted by atomic mass is 10.1. The first kappa shape index (κ1) is 29.7. The first-order valence-electron chi connectivity index (χ1n) is 12.2. The molecule has 0 aliphatic carbocycles. The van der Waals surface area contributed by atoms with Crippen molar-refractivity contribution in [1.82, 2.24) is 10.2 Å². The van der Waals surface area contributed by atoms with Crippen LogP contribution in [0.3, 0.4) is 0 Å². The first-order valence-corrected chi connectivity index (χ1v) is 14.8. The molecule has 0 aliphatic heterocycles. The standard InChI is InChI=1S/C28H31BrClN3O4S/c1-4-16-31-28(35)21(3)32(18-22-8-7-9-23(29)17-22)27(34)19-33(26-11-6-5-10-25(26)30)38(36,37)24-14-12-20(2)13-15-24/h5-15,17,21H,4,16,18-19H2,1-3H3,(H,31,35). The molecule has 1 atom stereocenters. The van der Waals surface area contributed by atoms with Gasteiger partial charge in [-0.05, 0) is 62.2 Å². The molecule has 0 saturated carbocycles. The molecule has 0 heterocycles. The Balaban J connectivity index is 2.03. The maximum Gasteiger partial charge on any atom is 0.264 e. The quantitative estimate of drug-likeness (QED) is 0.305. The third-order valence-corrected chi connectivity index (χ3v) is 8.55. The van der Waals surface area contributed by atoms with Crippen LogP contribution in [0.1, 0.15) is 31.4 Å². The van der Waals surface area contributed by atoms with E-state index in [4.69, 9.17) is 11.6 Å². The topological polar surface area (TPSA) is 86.8 Å². The molecule has 1 N–H and O–H groups in total. The van der Waals surface area contributed by atoms with Crippen LogP contribution in [0.25, 0.3) is 0 Å². The number of carbonyl (C=O) groups is 2. The Hall–Kier alpha value is -2.88. The number of benzene rings is 3. The van der Waals surface area contributed by atoms with E-state index < -0.39 is 28.5 Å². The molecule has 0 bridgehead atoms. The van der Waals surface area contributed by atoms with E-state index in [2.05, 4.69) is 21.2 Å². The highest BCUT2D eigenvalue weighted by Crippen LogP contribution is 2.31. The van der Waals surface area contributed by atoms with Gasteiger partial charge in [0.1, 0.15) is 12.6 Å². The second-order valence-corrected chi connectivity index (χ2v) is 12.1. The van der Waals surface area contributed by atoms with Crippen molar-refractivity contribution in [2.24, 2.45) is 0 Å². The van der Waals surface area contributed by atoms with E-state index in [1.54, 1.807) is 43.3 Å². The van der Waals surface area contributed by atoms with Crippen LogP contribution in [0.4, 0.5) is 5.69 Å². The minimum atomic E-state index is -4.17. The Morgan fingerprint density at radius 3 is 2.34 bits per heavy atom. The zero-order valence-electron chi connectivity index (χ0n) is 21.5. The van der Waals surface area contributed by atoms with Gasteiger partial charge in [-0.3, -0.25) is 13.9 Å². The van der Waals surface area contributed by atoms with E-state index in [0.717, 1.165) is 26.3 Å². The SMILES string of the molecule is CCCNC(=O)C(C)N(Cc1cccc(Br)c1)C(=O)CN(c1ccccc1Cl)S(=O)(=O)c1ccc(C)cc1. The normalized spacial score (nSPS) is 12.0. The molecule has 3 aromatic carbocycles. The average molecular weight is 621 g/mol. The predicted molar refractivity (Wildman–Crippen MR) is 155 cm³/mol. The van der Waals surface area contributed by atoms with Crippen LogP contribution in [0.2, 0.25) is 5.02 Å². The molecule has 0 aromatic heterocycles. The minimum Gasteiger partial charge on any atom is -0.354 e. The maximum absolute atomic E-state index is 13.9. The molecule has 3 rings (SSSR count). The first-order chi connectivity index (χ1) is 18.0. The average Bonchev–Trinajstić information content (AvgIpc) is 2.89. The summed E-state index contributed by atoms with van der Waals surface area (Å²) in [5.74, 6) is -0.861. The lowest BCUT2D eigenvalue weighted by Gasteiger charge is -2.32. The molecular weight excluding hydrogens is 590 g/mol. The summed E-state index contributed by atoms with van der Waals surface area (Å²) in [6.45, 7) is 5.47. The summed E-state index contributed by atoms with van der Waals surface area (Å²) in [4.78, 5) is 28.2. The van der Waals surface area contributed by atoms with Crippen molar-refractivity contribution in [3.05, 3.63) is 93.4 Å². The smallest absolute Gasteiger partial charge is 0.264 e. The molecule has 0 fully saturated rings. The number of hydrogen-bond donors (Lipinski definition) is 1. The van der Waals surface area contributed by atoms with Crippen molar-refractivity contribution in [3.8, 4) is 0 Å². The lowest BCUT2D eigenvalue weighted by molar-refractivity contribution is -0.139. The number of hydrogen-bond acceptors (Lipinski definition) is 4. The van der Waals surface area contributed by atoms with Gasteiger partial charge in [-0.15, -0.1) is 0 Å². The van der Waals surface area contributed by atoms with E-state index in [1.165, 1.54) is 17.0 Å². The lowest BCUT2D eigenvalue weighted by Crippen LogP contribution is -2.51. The molecule has 0 spiro atoms. The molecule has 1 unspecified atom stereocenters. The van der Waals surface area contributed by atoms with Crippen molar-refractivity contribution >= 4 is 55.1 Å². The highest BCUT2D eigenvalue weighted by molar-refractivity contribution is 9.10. The van der Waals surface area contributed by atoms with Crippen molar-refractivity contribution in [3.63, 3.8) is 0 Å². The molecule has 2 amide bonds. The molecule has 202 valence electrons. The largest absolute Gasteiger partial charge is 0.354 e. The van der Waals surface area contributed by atoms with Crippen LogP contribution in [0.15, 0.2) is 82.2 Å². The second kappa shape index (κ2) is 13.3. The van der Waals surface area contributed by atoms with Gasteiger partial charge < -0.3 is 10.2 Å². The Kier molecular flexibility index (Phi) is 10.4. The van der Waals surface area contributed by atoms with Crippen LogP contribution < -0.4 is 9.62 Å². The minimum absolute atomic E-state index is 0.0306. The number of sulfonamides is 1. The summed E-state index contributed by atoms with van der Waals surface area (Å²) in [7, 11) is -4.17. The number of anilines is 1. The summed E-state index contributed by atoms with van der Waals surface area (Å²) in [6, 6.07) is 19.4. The highest BCUT2D eigenvalue weighted by Gasteiger charge is 2.33. The molecule has 0 radical (unpaired) electrons. The summed E-state index contributed by atoms with van der Waals surface area (Å²) >= 11 is 9.86. The number of carbonyl (C=O) groups excluding carboxylic acids is 2. The molecule has 38 heavy (non-hydrogen) atoms. The summed E-state index contributed by atoms with van der Waals surface area (Å²) < 4.78 is 29.5. The van der Waals surface area contributed by atoms with Crippen molar-refractivity contribution in [2.75, 3.05) is 17.4 Å². The second-order valence-electron chi connectivity index (χ2n) is 8.89. The van der Waals surface area contributed by atoms with Crippen LogP contribution in [0, 0.1) is 6.92 Å². The fourth-order valence-corrected chi connectivity index (χ4v) is 5.98. The van der Waals surface area contributed by atoms with Gasteiger partial charge in [0.15, 0.2) is 0 Å². The molecule has 0 aliphatic rings. The van der Waals surface area contributed by atoms with Gasteiger partial charge in [-0.2, -0.15) is 0 Å². The van der Waals surface area contributed by atoms with E-state index >= 15 is 0 Å².